The third-order valence-electron chi connectivity index (χ3n) is 6.61. The van der Waals surface area contributed by atoms with Crippen LogP contribution in [0.3, 0.4) is 0 Å². The van der Waals surface area contributed by atoms with E-state index >= 15 is 0 Å². The number of halogens is 4. The summed E-state index contributed by atoms with van der Waals surface area (Å²) >= 11 is 6.35. The molecule has 0 unspecified atom stereocenters. The molecule has 1 aromatic carbocycles. The molecule has 172 valence electrons. The molecule has 1 saturated heterocycles. The number of H-pyrrole nitrogens is 1. The van der Waals surface area contributed by atoms with Gasteiger partial charge in [-0.25, -0.2) is 13.2 Å². The van der Waals surface area contributed by atoms with Crippen molar-refractivity contribution in [1.82, 2.24) is 25.6 Å². The van der Waals surface area contributed by atoms with Crippen molar-refractivity contribution in [2.45, 2.75) is 51.2 Å². The fourth-order valence-electron chi connectivity index (χ4n) is 4.78. The topological polar surface area (TPSA) is 83.1 Å². The lowest BCUT2D eigenvalue weighted by atomic mass is 9.92. The maximum Gasteiger partial charge on any atom is 0.244 e. The van der Waals surface area contributed by atoms with Crippen LogP contribution in [0.2, 0.25) is 5.02 Å². The lowest BCUT2D eigenvalue weighted by Gasteiger charge is -2.32. The van der Waals surface area contributed by atoms with Gasteiger partial charge in [0.15, 0.2) is 11.6 Å². The number of nitrogens with zero attached hydrogens (tertiary/aromatic N) is 3. The van der Waals surface area contributed by atoms with E-state index in [2.05, 4.69) is 20.7 Å². The van der Waals surface area contributed by atoms with E-state index in [0.29, 0.717) is 43.1 Å². The van der Waals surface area contributed by atoms with Gasteiger partial charge in [0.25, 0.3) is 0 Å². The Kier molecular flexibility index (Phi) is 5.53. The number of likely N-dealkylation sites (tertiary alicyclic amines) is 1. The molecule has 2 aliphatic heterocycles. The van der Waals surface area contributed by atoms with Crippen molar-refractivity contribution < 1.29 is 22.7 Å². The molecule has 0 radical (unpaired) electrons. The van der Waals surface area contributed by atoms with Gasteiger partial charge in [-0.3, -0.25) is 4.79 Å². The van der Waals surface area contributed by atoms with Crippen LogP contribution in [-0.2, 0) is 24.2 Å². The van der Waals surface area contributed by atoms with E-state index in [1.54, 1.807) is 0 Å². The molecule has 5 rings (SSSR count). The van der Waals surface area contributed by atoms with E-state index in [4.69, 9.17) is 16.3 Å². The number of hydrogen-bond acceptors (Lipinski definition) is 5. The van der Waals surface area contributed by atoms with Gasteiger partial charge in [0.2, 0.25) is 12.3 Å². The number of aromatic amines is 1. The Morgan fingerprint density at radius 2 is 2.09 bits per heavy atom. The quantitative estimate of drug-likeness (QED) is 0.650. The minimum absolute atomic E-state index is 0.000350. The van der Waals surface area contributed by atoms with E-state index in [-0.39, 0.29) is 41.1 Å². The Morgan fingerprint density at radius 3 is 2.81 bits per heavy atom. The molecule has 32 heavy (non-hydrogen) atoms. The number of nitrogens with one attached hydrogen (secondary N) is 2. The summed E-state index contributed by atoms with van der Waals surface area (Å²) in [7, 11) is 0. The molecule has 3 aliphatic rings. The maximum absolute atomic E-state index is 15.0. The largest absolute Gasteiger partial charge is 0.484 e. The summed E-state index contributed by atoms with van der Waals surface area (Å²) in [5.41, 5.74) is 1.74. The molecule has 11 heteroatoms. The van der Waals surface area contributed by atoms with Crippen molar-refractivity contribution in [2.24, 2.45) is 5.41 Å². The monoisotopic (exact) mass is 469 g/mol. The van der Waals surface area contributed by atoms with Gasteiger partial charge < -0.3 is 15.0 Å². The van der Waals surface area contributed by atoms with Gasteiger partial charge in [-0.05, 0) is 42.9 Å². The van der Waals surface area contributed by atoms with Crippen LogP contribution in [0, 0.1) is 11.2 Å². The molecule has 1 spiro atoms. The molecular formula is C21H23ClF3N5O2. The number of rotatable bonds is 7. The molecule has 7 nitrogen and oxygen atoms in total. The van der Waals surface area contributed by atoms with Gasteiger partial charge in [-0.1, -0.05) is 11.6 Å². The zero-order valence-electron chi connectivity index (χ0n) is 17.3. The van der Waals surface area contributed by atoms with Crippen molar-refractivity contribution >= 4 is 17.5 Å². The highest BCUT2D eigenvalue weighted by Gasteiger charge is 2.52. The van der Waals surface area contributed by atoms with Crippen molar-refractivity contribution in [3.63, 3.8) is 0 Å². The van der Waals surface area contributed by atoms with Crippen LogP contribution in [0.5, 0.6) is 5.75 Å². The van der Waals surface area contributed by atoms with Gasteiger partial charge >= 0.3 is 0 Å². The molecule has 1 amide bonds. The number of carbonyl (C=O) groups excluding carboxylic acids is 1. The Morgan fingerprint density at radius 1 is 1.31 bits per heavy atom. The standard InChI is InChI=1S/C21H23ClF3N5O2/c22-12-5-13(23)20(32-9-16-14(6-17(24)25)27-29-28-16)19-11(12)1-4-26-15(19)8-30-10-21(2-3-21)7-18(30)31/h5,15,17,26H,1-4,6-10H2,(H,27,28,29)/t15-/m1/s1. The summed E-state index contributed by atoms with van der Waals surface area (Å²) in [6, 6.07) is 0.860. The Bertz CT molecular complexity index is 1040. The molecule has 1 atom stereocenters. The number of aromatic nitrogens is 3. The predicted octanol–water partition coefficient (Wildman–Crippen LogP) is 3.18. The van der Waals surface area contributed by atoms with Gasteiger partial charge in [0.1, 0.15) is 12.3 Å². The summed E-state index contributed by atoms with van der Waals surface area (Å²) in [4.78, 5) is 14.4. The van der Waals surface area contributed by atoms with E-state index in [1.807, 2.05) is 4.90 Å². The highest BCUT2D eigenvalue weighted by Crippen LogP contribution is 2.53. The second-order valence-electron chi connectivity index (χ2n) is 8.87. The third kappa shape index (κ3) is 4.05. The fourth-order valence-corrected chi connectivity index (χ4v) is 5.07. The summed E-state index contributed by atoms with van der Waals surface area (Å²) in [5, 5.41) is 13.6. The minimum atomic E-state index is -2.58. The number of carbonyl (C=O) groups is 1. The highest BCUT2D eigenvalue weighted by molar-refractivity contribution is 6.31. The fraction of sp³-hybridized carbons (Fsp3) is 0.571. The number of benzene rings is 1. The molecule has 2 N–H and O–H groups in total. The molecule has 1 aromatic heterocycles. The predicted molar refractivity (Wildman–Crippen MR) is 109 cm³/mol. The molecule has 2 aromatic rings. The smallest absolute Gasteiger partial charge is 0.244 e. The number of hydrogen-bond donors (Lipinski definition) is 2. The second-order valence-corrected chi connectivity index (χ2v) is 9.28. The van der Waals surface area contributed by atoms with Crippen LogP contribution in [0.25, 0.3) is 0 Å². The summed E-state index contributed by atoms with van der Waals surface area (Å²) in [5.74, 6) is -0.534. The van der Waals surface area contributed by atoms with Gasteiger partial charge in [-0.2, -0.15) is 15.4 Å². The van der Waals surface area contributed by atoms with E-state index in [9.17, 15) is 18.0 Å². The third-order valence-corrected chi connectivity index (χ3v) is 6.95. The van der Waals surface area contributed by atoms with Gasteiger partial charge in [0.05, 0.1) is 18.2 Å². The zero-order chi connectivity index (χ0) is 22.5. The Hall–Kier alpha value is -2.33. The van der Waals surface area contributed by atoms with Crippen LogP contribution >= 0.6 is 11.6 Å². The SMILES string of the molecule is O=C1CC2(CC2)CN1C[C@H]1NCCc2c(Cl)cc(F)c(OCc3n[nH]nc3CC(F)F)c21. The summed E-state index contributed by atoms with van der Waals surface area (Å²) in [6.07, 6.45) is 0.132. The van der Waals surface area contributed by atoms with Crippen LogP contribution in [-0.4, -0.2) is 52.3 Å². The molecule has 3 heterocycles. The number of fused-ring (bicyclic) bond motifs is 1. The van der Waals surface area contributed by atoms with Crippen molar-refractivity contribution in [3.05, 3.63) is 39.4 Å². The van der Waals surface area contributed by atoms with Crippen LogP contribution in [0.15, 0.2) is 6.07 Å². The van der Waals surface area contributed by atoms with Gasteiger partial charge in [0, 0.05) is 30.1 Å². The van der Waals surface area contributed by atoms with E-state index in [0.717, 1.165) is 18.4 Å². The Balaban J connectivity index is 1.41. The lowest BCUT2D eigenvalue weighted by Crippen LogP contribution is -2.40. The van der Waals surface area contributed by atoms with Crippen molar-refractivity contribution in [2.75, 3.05) is 19.6 Å². The minimum Gasteiger partial charge on any atom is -0.484 e. The molecule has 0 bridgehead atoms. The van der Waals surface area contributed by atoms with Crippen molar-refractivity contribution in [1.29, 1.82) is 0 Å². The van der Waals surface area contributed by atoms with E-state index < -0.39 is 18.7 Å². The zero-order valence-corrected chi connectivity index (χ0v) is 18.0. The summed E-state index contributed by atoms with van der Waals surface area (Å²) in [6.45, 7) is 1.53. The average Bonchev–Trinajstić information content (AvgIpc) is 3.22. The van der Waals surface area contributed by atoms with E-state index in [1.165, 1.54) is 6.07 Å². The van der Waals surface area contributed by atoms with Crippen molar-refractivity contribution in [3.8, 4) is 5.75 Å². The number of alkyl halides is 2. The van der Waals surface area contributed by atoms with Crippen LogP contribution in [0.1, 0.15) is 47.8 Å². The normalized spacial score (nSPS) is 21.5. The lowest BCUT2D eigenvalue weighted by molar-refractivity contribution is -0.128. The van der Waals surface area contributed by atoms with Crippen LogP contribution < -0.4 is 10.1 Å². The first-order chi connectivity index (χ1) is 15.3. The first kappa shape index (κ1) is 21.5. The van der Waals surface area contributed by atoms with Gasteiger partial charge in [-0.15, -0.1) is 0 Å². The second kappa shape index (κ2) is 8.22. The maximum atomic E-state index is 15.0. The Labute approximate surface area is 187 Å². The summed E-state index contributed by atoms with van der Waals surface area (Å²) < 4.78 is 46.3. The molecule has 1 saturated carbocycles. The molecular weight excluding hydrogens is 447 g/mol. The average molecular weight is 470 g/mol. The highest BCUT2D eigenvalue weighted by atomic mass is 35.5. The first-order valence-electron chi connectivity index (χ1n) is 10.7. The first-order valence-corrected chi connectivity index (χ1v) is 11.0. The molecule has 1 aliphatic carbocycles. The number of amides is 1. The van der Waals surface area contributed by atoms with Crippen LogP contribution in [0.4, 0.5) is 13.2 Å². The number of ether oxygens (including phenoxy) is 1. The molecule has 2 fully saturated rings.